The van der Waals surface area contributed by atoms with Crippen LogP contribution < -0.4 is 10.6 Å². The van der Waals surface area contributed by atoms with Crippen LogP contribution in [0, 0.1) is 13.8 Å². The molecule has 3 N–H and O–H groups in total. The number of thiophene rings is 1. The molecule has 23 heavy (non-hydrogen) atoms. The van der Waals surface area contributed by atoms with Gasteiger partial charge < -0.3 is 15.7 Å². The van der Waals surface area contributed by atoms with Gasteiger partial charge in [-0.15, -0.1) is 11.3 Å². The second-order valence-corrected chi connectivity index (χ2v) is 6.26. The molecule has 0 radical (unpaired) electrons. The van der Waals surface area contributed by atoms with E-state index in [2.05, 4.69) is 10.6 Å². The van der Waals surface area contributed by atoms with Gasteiger partial charge in [0.1, 0.15) is 0 Å². The van der Waals surface area contributed by atoms with Crippen molar-refractivity contribution in [1.82, 2.24) is 5.32 Å². The molecule has 0 spiro atoms. The van der Waals surface area contributed by atoms with E-state index in [9.17, 15) is 14.7 Å². The number of rotatable bonds is 5. The number of benzene rings is 1. The highest BCUT2D eigenvalue weighted by Crippen LogP contribution is 2.21. The normalized spacial score (nSPS) is 11.8. The summed E-state index contributed by atoms with van der Waals surface area (Å²) in [4.78, 5) is 24.6. The monoisotopic (exact) mass is 332 g/mol. The largest absolute Gasteiger partial charge is 0.388 e. The van der Waals surface area contributed by atoms with Gasteiger partial charge in [-0.05, 0) is 48.9 Å². The van der Waals surface area contributed by atoms with Gasteiger partial charge >= 0.3 is 11.8 Å². The molecule has 0 aliphatic rings. The third kappa shape index (κ3) is 4.64. The predicted octanol–water partition coefficient (Wildman–Crippen LogP) is 2.54. The molecular weight excluding hydrogens is 312 g/mol. The molecule has 1 unspecified atom stereocenters. The molecule has 122 valence electrons. The van der Waals surface area contributed by atoms with Gasteiger partial charge in [0.15, 0.2) is 0 Å². The smallest absolute Gasteiger partial charge is 0.313 e. The minimum absolute atomic E-state index is 0.234. The topological polar surface area (TPSA) is 78.4 Å². The van der Waals surface area contributed by atoms with E-state index in [4.69, 9.17) is 0 Å². The van der Waals surface area contributed by atoms with Crippen LogP contribution in [-0.4, -0.2) is 23.5 Å². The first-order valence-electron chi connectivity index (χ1n) is 7.36. The van der Waals surface area contributed by atoms with Crippen LogP contribution in [0.1, 0.15) is 28.5 Å². The first kappa shape index (κ1) is 17.2. The van der Waals surface area contributed by atoms with E-state index < -0.39 is 17.9 Å². The maximum atomic E-state index is 11.9. The number of hydrogen-bond donors (Lipinski definition) is 3. The maximum absolute atomic E-state index is 11.9. The average Bonchev–Trinajstić information content (AvgIpc) is 3.06. The van der Waals surface area contributed by atoms with Gasteiger partial charge in [-0.3, -0.25) is 9.59 Å². The Kier molecular flexibility index (Phi) is 5.90. The summed E-state index contributed by atoms with van der Waals surface area (Å²) in [6.45, 7) is 4.06. The van der Waals surface area contributed by atoms with Crippen molar-refractivity contribution in [1.29, 1.82) is 0 Å². The first-order valence-corrected chi connectivity index (χ1v) is 8.24. The third-order valence-electron chi connectivity index (χ3n) is 3.63. The minimum Gasteiger partial charge on any atom is -0.388 e. The lowest BCUT2D eigenvalue weighted by Gasteiger charge is -2.11. The Labute approximate surface area is 139 Å². The van der Waals surface area contributed by atoms with Crippen LogP contribution in [0.15, 0.2) is 35.7 Å². The highest BCUT2D eigenvalue weighted by Gasteiger charge is 2.15. The fraction of sp³-hybridized carbons (Fsp3) is 0.294. The van der Waals surface area contributed by atoms with Gasteiger partial charge in [-0.2, -0.15) is 0 Å². The lowest BCUT2D eigenvalue weighted by Crippen LogP contribution is -2.36. The Morgan fingerprint density at radius 2 is 1.96 bits per heavy atom. The molecule has 0 saturated heterocycles. The second kappa shape index (κ2) is 7.89. The molecule has 5 nitrogen and oxygen atoms in total. The minimum atomic E-state index is -0.704. The maximum Gasteiger partial charge on any atom is 0.313 e. The van der Waals surface area contributed by atoms with Crippen LogP contribution in [0.25, 0.3) is 0 Å². The Hall–Kier alpha value is -2.18. The molecule has 0 aliphatic heterocycles. The number of nitrogens with one attached hydrogen (secondary N) is 2. The zero-order valence-electron chi connectivity index (χ0n) is 13.1. The molecule has 0 fully saturated rings. The van der Waals surface area contributed by atoms with Crippen LogP contribution >= 0.6 is 11.3 Å². The first-order chi connectivity index (χ1) is 11.0. The molecule has 6 heteroatoms. The molecule has 2 amide bonds. The van der Waals surface area contributed by atoms with E-state index in [1.165, 1.54) is 11.3 Å². The summed E-state index contributed by atoms with van der Waals surface area (Å²) in [5.74, 6) is -1.41. The standard InChI is InChI=1S/C17H20N2O3S/c1-11-5-3-6-13(12(11)2)19-17(22)16(21)18-9-8-14(20)15-7-4-10-23-15/h3-7,10,14,20H,8-9H2,1-2H3,(H,18,21)(H,19,22). The molecule has 0 aliphatic carbocycles. The van der Waals surface area contributed by atoms with Crippen molar-refractivity contribution in [2.45, 2.75) is 26.4 Å². The van der Waals surface area contributed by atoms with Crippen LogP contribution in [0.4, 0.5) is 5.69 Å². The Morgan fingerprint density at radius 1 is 1.17 bits per heavy atom. The molecule has 1 heterocycles. The second-order valence-electron chi connectivity index (χ2n) is 5.28. The Bertz CT molecular complexity index is 683. The summed E-state index contributed by atoms with van der Waals surface area (Å²) < 4.78 is 0. The number of carbonyl (C=O) groups is 2. The van der Waals surface area contributed by atoms with E-state index in [-0.39, 0.29) is 6.54 Å². The lowest BCUT2D eigenvalue weighted by molar-refractivity contribution is -0.136. The van der Waals surface area contributed by atoms with E-state index >= 15 is 0 Å². The van der Waals surface area contributed by atoms with E-state index in [0.717, 1.165) is 16.0 Å². The van der Waals surface area contributed by atoms with Crippen LogP contribution in [0.2, 0.25) is 0 Å². The highest BCUT2D eigenvalue weighted by atomic mass is 32.1. The molecular formula is C17H20N2O3S. The van der Waals surface area contributed by atoms with Crippen LogP contribution in [-0.2, 0) is 9.59 Å². The molecule has 1 aromatic heterocycles. The molecule has 2 rings (SSSR count). The third-order valence-corrected chi connectivity index (χ3v) is 4.61. The number of amides is 2. The van der Waals surface area contributed by atoms with E-state index in [0.29, 0.717) is 12.1 Å². The highest BCUT2D eigenvalue weighted by molar-refractivity contribution is 7.10. The van der Waals surface area contributed by atoms with Crippen molar-refractivity contribution in [3.8, 4) is 0 Å². The number of anilines is 1. The van der Waals surface area contributed by atoms with E-state index in [1.54, 1.807) is 6.07 Å². The zero-order valence-corrected chi connectivity index (χ0v) is 13.9. The number of aryl methyl sites for hydroxylation is 1. The van der Waals surface area contributed by atoms with Crippen LogP contribution in [0.5, 0.6) is 0 Å². The number of aliphatic hydroxyl groups excluding tert-OH is 1. The molecule has 1 atom stereocenters. The van der Waals surface area contributed by atoms with Gasteiger partial charge in [0.25, 0.3) is 0 Å². The van der Waals surface area contributed by atoms with Gasteiger partial charge in [0, 0.05) is 17.1 Å². The fourth-order valence-corrected chi connectivity index (χ4v) is 2.84. The molecule has 2 aromatic rings. The van der Waals surface area contributed by atoms with E-state index in [1.807, 2.05) is 43.5 Å². The SMILES string of the molecule is Cc1cccc(NC(=O)C(=O)NCCC(O)c2cccs2)c1C. The van der Waals surface area contributed by atoms with Gasteiger partial charge in [-0.25, -0.2) is 0 Å². The number of aliphatic hydroxyl groups is 1. The summed E-state index contributed by atoms with van der Waals surface area (Å²) in [5, 5.41) is 16.9. The van der Waals surface area contributed by atoms with Gasteiger partial charge in [-0.1, -0.05) is 18.2 Å². The van der Waals surface area contributed by atoms with Gasteiger partial charge in [0.2, 0.25) is 0 Å². The summed E-state index contributed by atoms with van der Waals surface area (Å²) >= 11 is 1.46. The van der Waals surface area contributed by atoms with Crippen molar-refractivity contribution >= 4 is 28.8 Å². The van der Waals surface area contributed by atoms with Crippen molar-refractivity contribution < 1.29 is 14.7 Å². The van der Waals surface area contributed by atoms with Crippen molar-refractivity contribution in [3.63, 3.8) is 0 Å². The van der Waals surface area contributed by atoms with Gasteiger partial charge in [0.05, 0.1) is 6.10 Å². The van der Waals surface area contributed by atoms with Crippen molar-refractivity contribution in [2.75, 3.05) is 11.9 Å². The van der Waals surface area contributed by atoms with Crippen LogP contribution in [0.3, 0.4) is 0 Å². The fourth-order valence-electron chi connectivity index (χ4n) is 2.09. The average molecular weight is 332 g/mol. The predicted molar refractivity (Wildman–Crippen MR) is 91.5 cm³/mol. The summed E-state index contributed by atoms with van der Waals surface area (Å²) in [7, 11) is 0. The number of carbonyl (C=O) groups excluding carboxylic acids is 2. The van der Waals surface area contributed by atoms with Crippen molar-refractivity contribution in [2.24, 2.45) is 0 Å². The molecule has 0 bridgehead atoms. The Morgan fingerprint density at radius 3 is 2.65 bits per heavy atom. The Balaban J connectivity index is 1.81. The molecule has 1 aromatic carbocycles. The molecule has 0 saturated carbocycles. The summed E-state index contributed by atoms with van der Waals surface area (Å²) in [6.07, 6.45) is -0.263. The quantitative estimate of drug-likeness (QED) is 0.736. The zero-order chi connectivity index (χ0) is 16.8. The summed E-state index contributed by atoms with van der Waals surface area (Å²) in [6, 6.07) is 9.22. The number of hydrogen-bond acceptors (Lipinski definition) is 4. The van der Waals surface area contributed by atoms with Crippen molar-refractivity contribution in [3.05, 3.63) is 51.7 Å². The lowest BCUT2D eigenvalue weighted by atomic mass is 10.1. The summed E-state index contributed by atoms with van der Waals surface area (Å²) in [5.41, 5.74) is 2.60.